The van der Waals surface area contributed by atoms with E-state index in [4.69, 9.17) is 4.74 Å². The van der Waals surface area contributed by atoms with Crippen molar-refractivity contribution in [3.63, 3.8) is 0 Å². The molecule has 2 aromatic rings. The Kier molecular flexibility index (Phi) is 5.21. The van der Waals surface area contributed by atoms with E-state index in [-0.39, 0.29) is 18.1 Å². The maximum atomic E-state index is 11.1. The van der Waals surface area contributed by atoms with E-state index in [1.165, 1.54) is 7.11 Å². The second-order valence-corrected chi connectivity index (χ2v) is 4.66. The molecule has 4 heteroatoms. The quantitative estimate of drug-likeness (QED) is 0.830. The van der Waals surface area contributed by atoms with E-state index in [0.29, 0.717) is 6.61 Å². The largest absolute Gasteiger partial charge is 0.508 e. The number of aromatic hydroxyl groups is 1. The molecule has 0 saturated heterocycles. The van der Waals surface area contributed by atoms with E-state index in [2.05, 4.69) is 4.74 Å². The van der Waals surface area contributed by atoms with Crippen molar-refractivity contribution in [1.82, 2.24) is 0 Å². The first-order valence-corrected chi connectivity index (χ1v) is 6.74. The third kappa shape index (κ3) is 4.84. The second kappa shape index (κ2) is 7.33. The van der Waals surface area contributed by atoms with Crippen LogP contribution in [0.3, 0.4) is 0 Å². The van der Waals surface area contributed by atoms with Crippen molar-refractivity contribution in [2.75, 3.05) is 13.7 Å². The Morgan fingerprint density at radius 3 is 2.24 bits per heavy atom. The van der Waals surface area contributed by atoms with Crippen LogP contribution in [0.15, 0.2) is 48.5 Å². The first kappa shape index (κ1) is 14.9. The monoisotopic (exact) mass is 286 g/mol. The Hall–Kier alpha value is -2.49. The Balaban J connectivity index is 1.80. The van der Waals surface area contributed by atoms with Gasteiger partial charge in [0, 0.05) is 6.42 Å². The Morgan fingerprint density at radius 2 is 1.62 bits per heavy atom. The summed E-state index contributed by atoms with van der Waals surface area (Å²) in [5, 5.41) is 9.20. The highest BCUT2D eigenvalue weighted by molar-refractivity contribution is 5.72. The second-order valence-electron chi connectivity index (χ2n) is 4.66. The maximum absolute atomic E-state index is 11.1. The number of ether oxygens (including phenoxy) is 2. The van der Waals surface area contributed by atoms with Crippen molar-refractivity contribution in [3.05, 3.63) is 59.7 Å². The summed E-state index contributed by atoms with van der Waals surface area (Å²) in [6, 6.07) is 14.5. The molecule has 2 aromatic carbocycles. The number of rotatable bonds is 6. The number of hydrogen-bond acceptors (Lipinski definition) is 4. The molecule has 0 heterocycles. The molecule has 0 bridgehead atoms. The molecule has 0 fully saturated rings. The zero-order valence-corrected chi connectivity index (χ0v) is 11.9. The van der Waals surface area contributed by atoms with Crippen molar-refractivity contribution in [2.45, 2.75) is 12.8 Å². The summed E-state index contributed by atoms with van der Waals surface area (Å²) in [5.41, 5.74) is 2.00. The van der Waals surface area contributed by atoms with Gasteiger partial charge in [0.05, 0.1) is 20.1 Å². The fourth-order valence-corrected chi connectivity index (χ4v) is 1.89. The summed E-state index contributed by atoms with van der Waals surface area (Å²) in [5.74, 6) is 0.777. The average molecular weight is 286 g/mol. The molecular formula is C17H18O4. The van der Waals surface area contributed by atoms with Crippen LogP contribution in [0, 0.1) is 0 Å². The number of esters is 1. The topological polar surface area (TPSA) is 55.8 Å². The third-order valence-electron chi connectivity index (χ3n) is 3.10. The minimum absolute atomic E-state index is 0.254. The lowest BCUT2D eigenvalue weighted by Crippen LogP contribution is -2.04. The molecule has 0 atom stereocenters. The highest BCUT2D eigenvalue weighted by Gasteiger charge is 2.03. The smallest absolute Gasteiger partial charge is 0.309 e. The van der Waals surface area contributed by atoms with Gasteiger partial charge in [-0.3, -0.25) is 4.79 Å². The average Bonchev–Trinajstić information content (AvgIpc) is 2.51. The molecule has 0 aliphatic carbocycles. The Morgan fingerprint density at radius 1 is 1.00 bits per heavy atom. The molecule has 0 amide bonds. The molecule has 0 saturated carbocycles. The van der Waals surface area contributed by atoms with Gasteiger partial charge >= 0.3 is 5.97 Å². The number of benzene rings is 2. The highest BCUT2D eigenvalue weighted by atomic mass is 16.5. The van der Waals surface area contributed by atoms with E-state index in [9.17, 15) is 9.90 Å². The summed E-state index contributed by atoms with van der Waals surface area (Å²) >= 11 is 0. The van der Waals surface area contributed by atoms with Crippen molar-refractivity contribution in [3.8, 4) is 11.5 Å². The van der Waals surface area contributed by atoms with Crippen LogP contribution in [-0.4, -0.2) is 24.8 Å². The molecule has 4 nitrogen and oxygen atoms in total. The van der Waals surface area contributed by atoms with Gasteiger partial charge in [-0.15, -0.1) is 0 Å². The molecule has 0 aliphatic heterocycles. The van der Waals surface area contributed by atoms with E-state index in [1.54, 1.807) is 12.1 Å². The van der Waals surface area contributed by atoms with Crippen LogP contribution in [-0.2, 0) is 22.4 Å². The first-order chi connectivity index (χ1) is 10.2. The lowest BCUT2D eigenvalue weighted by molar-refractivity contribution is -0.139. The van der Waals surface area contributed by atoms with Crippen LogP contribution in [0.1, 0.15) is 11.1 Å². The number of carbonyl (C=O) groups is 1. The predicted octanol–water partition coefficient (Wildman–Crippen LogP) is 2.73. The Bertz CT molecular complexity index is 573. The van der Waals surface area contributed by atoms with Gasteiger partial charge in [-0.05, 0) is 35.4 Å². The molecule has 2 rings (SSSR count). The summed E-state index contributed by atoms with van der Waals surface area (Å²) in [4.78, 5) is 11.1. The van der Waals surface area contributed by atoms with Crippen LogP contribution in [0.25, 0.3) is 0 Å². The van der Waals surface area contributed by atoms with Gasteiger partial charge < -0.3 is 14.6 Å². The SMILES string of the molecule is COC(=O)Cc1ccc(OCCc2ccc(O)cc2)cc1. The minimum atomic E-state index is -0.254. The van der Waals surface area contributed by atoms with Crippen LogP contribution in [0.4, 0.5) is 0 Å². The minimum Gasteiger partial charge on any atom is -0.508 e. The molecular weight excluding hydrogens is 268 g/mol. The standard InChI is InChI=1S/C17H18O4/c1-20-17(19)12-14-4-8-16(9-5-14)21-11-10-13-2-6-15(18)7-3-13/h2-9,18H,10-12H2,1H3. The zero-order chi connectivity index (χ0) is 15.1. The van der Waals surface area contributed by atoms with Crippen molar-refractivity contribution >= 4 is 5.97 Å². The van der Waals surface area contributed by atoms with E-state index in [0.717, 1.165) is 23.3 Å². The van der Waals surface area contributed by atoms with Gasteiger partial charge in [0.1, 0.15) is 11.5 Å². The fourth-order valence-electron chi connectivity index (χ4n) is 1.89. The normalized spacial score (nSPS) is 10.1. The molecule has 0 aromatic heterocycles. The lowest BCUT2D eigenvalue weighted by atomic mass is 10.1. The van der Waals surface area contributed by atoms with E-state index < -0.39 is 0 Å². The number of carbonyl (C=O) groups excluding carboxylic acids is 1. The number of methoxy groups -OCH3 is 1. The Labute approximate surface area is 123 Å². The highest BCUT2D eigenvalue weighted by Crippen LogP contribution is 2.14. The third-order valence-corrected chi connectivity index (χ3v) is 3.10. The summed E-state index contributed by atoms with van der Waals surface area (Å²) in [6.45, 7) is 0.557. The summed E-state index contributed by atoms with van der Waals surface area (Å²) in [6.07, 6.45) is 1.04. The van der Waals surface area contributed by atoms with Crippen LogP contribution in [0.2, 0.25) is 0 Å². The first-order valence-electron chi connectivity index (χ1n) is 6.74. The van der Waals surface area contributed by atoms with Crippen molar-refractivity contribution < 1.29 is 19.4 Å². The number of hydrogen-bond donors (Lipinski definition) is 1. The molecule has 0 unspecified atom stereocenters. The van der Waals surface area contributed by atoms with E-state index >= 15 is 0 Å². The lowest BCUT2D eigenvalue weighted by Gasteiger charge is -2.07. The maximum Gasteiger partial charge on any atom is 0.309 e. The molecule has 1 N–H and O–H groups in total. The van der Waals surface area contributed by atoms with Crippen molar-refractivity contribution in [2.24, 2.45) is 0 Å². The van der Waals surface area contributed by atoms with Gasteiger partial charge in [-0.2, -0.15) is 0 Å². The summed E-state index contributed by atoms with van der Waals surface area (Å²) < 4.78 is 10.3. The zero-order valence-electron chi connectivity index (χ0n) is 11.9. The molecule has 110 valence electrons. The van der Waals surface area contributed by atoms with Crippen molar-refractivity contribution in [1.29, 1.82) is 0 Å². The van der Waals surface area contributed by atoms with Gasteiger partial charge in [-0.1, -0.05) is 24.3 Å². The fraction of sp³-hybridized carbons (Fsp3) is 0.235. The molecule has 21 heavy (non-hydrogen) atoms. The van der Waals surface area contributed by atoms with Gasteiger partial charge in [0.15, 0.2) is 0 Å². The van der Waals surface area contributed by atoms with Gasteiger partial charge in [0.25, 0.3) is 0 Å². The predicted molar refractivity (Wildman–Crippen MR) is 79.5 cm³/mol. The molecule has 0 radical (unpaired) electrons. The number of phenolic OH excluding ortho intramolecular Hbond substituents is 1. The van der Waals surface area contributed by atoms with Crippen LogP contribution in [0.5, 0.6) is 11.5 Å². The molecule has 0 spiro atoms. The van der Waals surface area contributed by atoms with Crippen LogP contribution >= 0.6 is 0 Å². The van der Waals surface area contributed by atoms with E-state index in [1.807, 2.05) is 36.4 Å². The van der Waals surface area contributed by atoms with Crippen LogP contribution < -0.4 is 4.74 Å². The summed E-state index contributed by atoms with van der Waals surface area (Å²) in [7, 11) is 1.38. The van der Waals surface area contributed by atoms with Gasteiger partial charge in [-0.25, -0.2) is 0 Å². The van der Waals surface area contributed by atoms with Gasteiger partial charge in [0.2, 0.25) is 0 Å². The molecule has 0 aliphatic rings. The number of phenols is 1.